The van der Waals surface area contributed by atoms with E-state index in [2.05, 4.69) is 118 Å². The highest BCUT2D eigenvalue weighted by molar-refractivity contribution is 14.1. The first-order valence-corrected chi connectivity index (χ1v) is 15.4. The van der Waals surface area contributed by atoms with Gasteiger partial charge < -0.3 is 4.42 Å². The van der Waals surface area contributed by atoms with Crippen LogP contribution in [0.4, 0.5) is 0 Å². The zero-order chi connectivity index (χ0) is 23.2. The Morgan fingerprint density at radius 1 is 1.09 bits per heavy atom. The standard InChI is InChI=1S/C26H23IN4OSi/c1-17-26-25(23-14-28-16-32-23)29-15-31(26)22-10-9-18(11-12-33(2,3)4)13-20(22)24(30-17)19-7-5-6-8-21(19)27/h5-10,13-17H,1-4H3/t17-/m0/s1. The molecule has 0 amide bonds. The van der Waals surface area contributed by atoms with E-state index in [-0.39, 0.29) is 6.04 Å². The van der Waals surface area contributed by atoms with Gasteiger partial charge in [0.1, 0.15) is 20.1 Å². The minimum Gasteiger partial charge on any atom is -0.442 e. The average Bonchev–Trinajstić information content (AvgIpc) is 3.44. The van der Waals surface area contributed by atoms with Gasteiger partial charge in [0.15, 0.2) is 12.2 Å². The second-order valence-corrected chi connectivity index (χ2v) is 15.0. The van der Waals surface area contributed by atoms with Crippen LogP contribution < -0.4 is 0 Å². The molecule has 2 aromatic heterocycles. The molecule has 0 saturated heterocycles. The Morgan fingerprint density at radius 2 is 1.91 bits per heavy atom. The molecule has 1 aliphatic rings. The van der Waals surface area contributed by atoms with Crippen molar-refractivity contribution >= 4 is 36.4 Å². The molecule has 0 radical (unpaired) electrons. The Balaban J connectivity index is 1.78. The molecular weight excluding hydrogens is 539 g/mol. The van der Waals surface area contributed by atoms with Crippen molar-refractivity contribution in [3.05, 3.63) is 87.3 Å². The highest BCUT2D eigenvalue weighted by Gasteiger charge is 2.28. The van der Waals surface area contributed by atoms with Crippen molar-refractivity contribution in [2.75, 3.05) is 0 Å². The summed E-state index contributed by atoms with van der Waals surface area (Å²) < 4.78 is 8.87. The summed E-state index contributed by atoms with van der Waals surface area (Å²) in [5.74, 6) is 4.05. The number of benzene rings is 2. The molecule has 3 heterocycles. The Kier molecular flexibility index (Phi) is 5.58. The molecule has 7 heteroatoms. The van der Waals surface area contributed by atoms with Crippen LogP contribution in [0, 0.1) is 15.0 Å². The van der Waals surface area contributed by atoms with Gasteiger partial charge in [-0.25, -0.2) is 9.97 Å². The summed E-state index contributed by atoms with van der Waals surface area (Å²) in [6.45, 7) is 8.87. The van der Waals surface area contributed by atoms with Gasteiger partial charge in [0.25, 0.3) is 0 Å². The zero-order valence-electron chi connectivity index (χ0n) is 18.9. The van der Waals surface area contributed by atoms with Crippen LogP contribution in [0.3, 0.4) is 0 Å². The van der Waals surface area contributed by atoms with Crippen LogP contribution in [0.5, 0.6) is 0 Å². The molecule has 0 spiro atoms. The third-order valence-corrected chi connectivity index (χ3v) is 7.23. The Bertz CT molecular complexity index is 1440. The second-order valence-electron chi connectivity index (χ2n) is 9.08. The first-order chi connectivity index (χ1) is 15.8. The fourth-order valence-electron chi connectivity index (χ4n) is 3.94. The minimum atomic E-state index is -1.50. The molecule has 1 atom stereocenters. The molecule has 0 bridgehead atoms. The molecule has 5 rings (SSSR count). The maximum atomic E-state index is 5.58. The van der Waals surface area contributed by atoms with E-state index in [4.69, 9.17) is 9.41 Å². The van der Waals surface area contributed by atoms with Gasteiger partial charge in [0.2, 0.25) is 0 Å². The van der Waals surface area contributed by atoms with Crippen LogP contribution >= 0.6 is 22.6 Å². The van der Waals surface area contributed by atoms with Gasteiger partial charge in [0.05, 0.1) is 29.3 Å². The molecule has 33 heavy (non-hydrogen) atoms. The topological polar surface area (TPSA) is 56.2 Å². The average molecular weight is 562 g/mol. The number of rotatable bonds is 2. The van der Waals surface area contributed by atoms with E-state index in [1.807, 2.05) is 6.33 Å². The molecule has 0 fully saturated rings. The predicted octanol–water partition coefficient (Wildman–Crippen LogP) is 6.27. The highest BCUT2D eigenvalue weighted by Crippen LogP contribution is 2.36. The first kappa shape index (κ1) is 21.9. The number of halogens is 1. The van der Waals surface area contributed by atoms with Crippen molar-refractivity contribution in [3.63, 3.8) is 0 Å². The summed E-state index contributed by atoms with van der Waals surface area (Å²) in [6.07, 6.45) is 4.98. The number of hydrogen-bond donors (Lipinski definition) is 0. The molecule has 164 valence electrons. The smallest absolute Gasteiger partial charge is 0.181 e. The number of hydrogen-bond acceptors (Lipinski definition) is 4. The van der Waals surface area contributed by atoms with Crippen molar-refractivity contribution in [3.8, 4) is 28.6 Å². The molecule has 5 nitrogen and oxygen atoms in total. The largest absolute Gasteiger partial charge is 0.442 e. The quantitative estimate of drug-likeness (QED) is 0.164. The molecular formula is C26H23IN4OSi. The van der Waals surface area contributed by atoms with E-state index in [0.29, 0.717) is 5.76 Å². The summed E-state index contributed by atoms with van der Waals surface area (Å²) in [5.41, 5.74) is 10.4. The van der Waals surface area contributed by atoms with Crippen LogP contribution in [-0.2, 0) is 0 Å². The summed E-state index contributed by atoms with van der Waals surface area (Å²) >= 11 is 2.39. The van der Waals surface area contributed by atoms with Crippen LogP contribution in [0.25, 0.3) is 17.1 Å². The normalized spacial score (nSPS) is 15.1. The SMILES string of the molecule is C[C@@H]1N=C(c2ccccc2I)c2cc(C#C[Si](C)(C)C)ccc2-n2cnc(-c3cnco3)c21. The Morgan fingerprint density at radius 3 is 2.64 bits per heavy atom. The molecule has 0 aliphatic carbocycles. The van der Waals surface area contributed by atoms with Crippen molar-refractivity contribution < 1.29 is 4.42 Å². The molecule has 4 aromatic rings. The van der Waals surface area contributed by atoms with E-state index in [1.165, 1.54) is 6.39 Å². The lowest BCUT2D eigenvalue weighted by Gasteiger charge is -2.13. The molecule has 0 unspecified atom stereocenters. The third-order valence-electron chi connectivity index (χ3n) is 5.41. The van der Waals surface area contributed by atoms with Crippen molar-refractivity contribution in [2.24, 2.45) is 4.99 Å². The minimum absolute atomic E-state index is 0.137. The lowest BCUT2D eigenvalue weighted by molar-refractivity contribution is 0.568. The maximum absolute atomic E-state index is 5.58. The monoisotopic (exact) mass is 562 g/mol. The van der Waals surface area contributed by atoms with Crippen LogP contribution in [0.1, 0.15) is 35.3 Å². The first-order valence-electron chi connectivity index (χ1n) is 10.8. The molecule has 2 aromatic carbocycles. The van der Waals surface area contributed by atoms with Crippen LogP contribution in [-0.4, -0.2) is 28.3 Å². The van der Waals surface area contributed by atoms with Crippen molar-refractivity contribution in [2.45, 2.75) is 32.6 Å². The van der Waals surface area contributed by atoms with Gasteiger partial charge in [-0.05, 0) is 53.8 Å². The number of imidazole rings is 1. The van der Waals surface area contributed by atoms with Crippen LogP contribution in [0.15, 0.2) is 70.8 Å². The summed E-state index contributed by atoms with van der Waals surface area (Å²) in [6, 6.07) is 14.6. The lowest BCUT2D eigenvalue weighted by Crippen LogP contribution is -2.16. The lowest BCUT2D eigenvalue weighted by atomic mass is 9.98. The van der Waals surface area contributed by atoms with Gasteiger partial charge in [-0.2, -0.15) is 0 Å². The van der Waals surface area contributed by atoms with E-state index in [0.717, 1.165) is 43.0 Å². The summed E-state index contributed by atoms with van der Waals surface area (Å²) in [4.78, 5) is 14.0. The van der Waals surface area contributed by atoms with Crippen molar-refractivity contribution in [1.29, 1.82) is 0 Å². The van der Waals surface area contributed by atoms with Gasteiger partial charge in [-0.1, -0.05) is 43.8 Å². The van der Waals surface area contributed by atoms with E-state index >= 15 is 0 Å². The maximum Gasteiger partial charge on any atom is 0.181 e. The number of aromatic nitrogens is 3. The molecule has 0 saturated carbocycles. The van der Waals surface area contributed by atoms with E-state index < -0.39 is 8.07 Å². The Labute approximate surface area is 208 Å². The summed E-state index contributed by atoms with van der Waals surface area (Å²) in [5, 5.41) is 0. The fraction of sp³-hybridized carbons (Fsp3) is 0.192. The van der Waals surface area contributed by atoms with Crippen LogP contribution in [0.2, 0.25) is 19.6 Å². The number of oxazole rings is 1. The predicted molar refractivity (Wildman–Crippen MR) is 142 cm³/mol. The molecule has 1 aliphatic heterocycles. The summed E-state index contributed by atoms with van der Waals surface area (Å²) in [7, 11) is -1.50. The van der Waals surface area contributed by atoms with Gasteiger partial charge in [-0.3, -0.25) is 9.56 Å². The van der Waals surface area contributed by atoms with Crippen molar-refractivity contribution in [1.82, 2.24) is 14.5 Å². The highest BCUT2D eigenvalue weighted by atomic mass is 127. The molecule has 0 N–H and O–H groups in total. The Hall–Kier alpha value is -2.96. The number of fused-ring (bicyclic) bond motifs is 3. The number of aliphatic imine (C=N–C) groups is 1. The number of nitrogens with zero attached hydrogens (tertiary/aromatic N) is 4. The fourth-order valence-corrected chi connectivity index (χ4v) is 5.10. The van der Waals surface area contributed by atoms with Gasteiger partial charge >= 0.3 is 0 Å². The van der Waals surface area contributed by atoms with Gasteiger partial charge in [-0.15, -0.1) is 5.54 Å². The van der Waals surface area contributed by atoms with E-state index in [1.54, 1.807) is 6.20 Å². The third kappa shape index (κ3) is 4.21. The second kappa shape index (κ2) is 8.43. The van der Waals surface area contributed by atoms with E-state index in [9.17, 15) is 0 Å². The van der Waals surface area contributed by atoms with Gasteiger partial charge in [0, 0.05) is 20.3 Å². The zero-order valence-corrected chi connectivity index (χ0v) is 22.1.